The second kappa shape index (κ2) is 8.02. The normalized spacial score (nSPS) is 21.1. The van der Waals surface area contributed by atoms with Gasteiger partial charge in [-0.05, 0) is 45.1 Å². The first kappa shape index (κ1) is 21.5. The molecule has 4 heterocycles. The van der Waals surface area contributed by atoms with E-state index in [0.717, 1.165) is 38.8 Å². The summed E-state index contributed by atoms with van der Waals surface area (Å²) in [5.74, 6) is 0.348. The number of carbonyl (C=O) groups excluding carboxylic acids is 2. The molecule has 1 saturated heterocycles. The first-order chi connectivity index (χ1) is 16.4. The first-order valence-corrected chi connectivity index (χ1v) is 13.2. The number of piperidine rings is 1. The van der Waals surface area contributed by atoms with Crippen LogP contribution in [0.5, 0.6) is 0 Å². The van der Waals surface area contributed by atoms with Crippen molar-refractivity contribution in [2.75, 3.05) is 6.54 Å². The molecular formula is C25H25N5O2S2. The van der Waals surface area contributed by atoms with E-state index in [4.69, 9.17) is 0 Å². The number of thiazole rings is 2. The smallest absolute Gasteiger partial charge is 0.274 e. The molecule has 7 nitrogen and oxygen atoms in total. The number of hydrogen-bond acceptors (Lipinski definition) is 6. The van der Waals surface area contributed by atoms with Crippen LogP contribution in [0.1, 0.15) is 50.1 Å². The number of benzene rings is 1. The molecule has 1 aliphatic carbocycles. The number of amides is 2. The predicted octanol–water partition coefficient (Wildman–Crippen LogP) is 4.48. The summed E-state index contributed by atoms with van der Waals surface area (Å²) in [6, 6.07) is 8.43. The standard InChI is InChI=1S/C25H25N5O2S2/c1-13-5-4-6-16(9-13)22-20(28-15(3)34-22)24(32)30-18(10-17-11-19(17)30)12-26-23(31)21-14(2)27-25-29(21)7-8-33-25/h4-9,17-19H,10-12H2,1-3H3,(H,26,31)/t17-,18-,19-/m0/s1. The molecule has 2 amide bonds. The van der Waals surface area contributed by atoms with Crippen molar-refractivity contribution in [1.82, 2.24) is 24.6 Å². The van der Waals surface area contributed by atoms with Crippen molar-refractivity contribution in [1.29, 1.82) is 0 Å². The Balaban J connectivity index is 1.24. The maximum Gasteiger partial charge on any atom is 0.274 e. The molecule has 0 unspecified atom stereocenters. The fraction of sp³-hybridized carbons (Fsp3) is 0.360. The highest BCUT2D eigenvalue weighted by atomic mass is 32.1. The average molecular weight is 492 g/mol. The second-order valence-electron chi connectivity index (χ2n) is 9.26. The van der Waals surface area contributed by atoms with Gasteiger partial charge in [-0.25, -0.2) is 9.97 Å². The van der Waals surface area contributed by atoms with Crippen LogP contribution in [0.3, 0.4) is 0 Å². The molecule has 1 saturated carbocycles. The number of imidazole rings is 1. The third-order valence-corrected chi connectivity index (χ3v) is 8.59. The Labute approximate surface area is 205 Å². The van der Waals surface area contributed by atoms with Crippen molar-refractivity contribution >= 4 is 39.4 Å². The van der Waals surface area contributed by atoms with E-state index < -0.39 is 0 Å². The van der Waals surface area contributed by atoms with Crippen LogP contribution in [0, 0.1) is 26.7 Å². The van der Waals surface area contributed by atoms with Gasteiger partial charge in [-0.3, -0.25) is 14.0 Å². The van der Waals surface area contributed by atoms with Crippen LogP contribution in [-0.4, -0.2) is 49.7 Å². The summed E-state index contributed by atoms with van der Waals surface area (Å²) in [4.78, 5) is 39.7. The summed E-state index contributed by atoms with van der Waals surface area (Å²) in [7, 11) is 0. The Hall–Kier alpha value is -3.04. The van der Waals surface area contributed by atoms with E-state index >= 15 is 0 Å². The molecule has 6 rings (SSSR count). The van der Waals surface area contributed by atoms with Crippen molar-refractivity contribution in [3.8, 4) is 10.4 Å². The molecule has 3 atom stereocenters. The maximum atomic E-state index is 13.8. The summed E-state index contributed by atoms with van der Waals surface area (Å²) < 4.78 is 1.83. The van der Waals surface area contributed by atoms with E-state index in [0.29, 0.717) is 29.5 Å². The van der Waals surface area contributed by atoms with Crippen molar-refractivity contribution in [2.45, 2.75) is 45.7 Å². The van der Waals surface area contributed by atoms with Gasteiger partial charge in [0.1, 0.15) is 11.4 Å². The molecule has 34 heavy (non-hydrogen) atoms. The summed E-state index contributed by atoms with van der Waals surface area (Å²) in [5, 5.41) is 5.88. The molecule has 0 bridgehead atoms. The third kappa shape index (κ3) is 3.54. The number of aromatic nitrogens is 3. The predicted molar refractivity (Wildman–Crippen MR) is 134 cm³/mol. The van der Waals surface area contributed by atoms with Crippen LogP contribution in [-0.2, 0) is 0 Å². The van der Waals surface area contributed by atoms with Gasteiger partial charge in [-0.1, -0.05) is 29.8 Å². The Morgan fingerprint density at radius 1 is 1.18 bits per heavy atom. The summed E-state index contributed by atoms with van der Waals surface area (Å²) >= 11 is 3.07. The van der Waals surface area contributed by atoms with Gasteiger partial charge in [0, 0.05) is 24.2 Å². The maximum absolute atomic E-state index is 13.8. The number of likely N-dealkylation sites (tertiary alicyclic amines) is 1. The monoisotopic (exact) mass is 491 g/mol. The molecular weight excluding hydrogens is 466 g/mol. The SMILES string of the molecule is Cc1cccc(-c2sc(C)nc2C(=O)N2[C@H](CNC(=O)c3c(C)nc4sccn34)C[C@H]3C[C@@H]32)c1. The van der Waals surface area contributed by atoms with E-state index in [-0.39, 0.29) is 23.9 Å². The Bertz CT molecular complexity index is 1430. The van der Waals surface area contributed by atoms with E-state index in [1.807, 2.05) is 46.9 Å². The van der Waals surface area contributed by atoms with Crippen LogP contribution in [0.15, 0.2) is 35.8 Å². The van der Waals surface area contributed by atoms with Crippen LogP contribution >= 0.6 is 22.7 Å². The summed E-state index contributed by atoms with van der Waals surface area (Å²) in [6.45, 7) is 6.28. The fourth-order valence-electron chi connectivity index (χ4n) is 5.20. The van der Waals surface area contributed by atoms with Crippen molar-refractivity contribution in [2.24, 2.45) is 5.92 Å². The van der Waals surface area contributed by atoms with Gasteiger partial charge in [-0.2, -0.15) is 0 Å². The number of aryl methyl sites for hydroxylation is 3. The van der Waals surface area contributed by atoms with Crippen LogP contribution < -0.4 is 5.32 Å². The number of fused-ring (bicyclic) bond motifs is 2. The molecule has 3 aromatic heterocycles. The van der Waals surface area contributed by atoms with Gasteiger partial charge in [0.25, 0.3) is 11.8 Å². The highest BCUT2D eigenvalue weighted by Gasteiger charge is 2.54. The van der Waals surface area contributed by atoms with Gasteiger partial charge in [0.05, 0.1) is 21.6 Å². The average Bonchev–Trinajstić information content (AvgIpc) is 3.16. The molecule has 2 fully saturated rings. The molecule has 0 spiro atoms. The highest BCUT2D eigenvalue weighted by molar-refractivity contribution is 7.15. The zero-order valence-corrected chi connectivity index (χ0v) is 20.9. The number of carbonyl (C=O) groups is 2. The molecule has 9 heteroatoms. The van der Waals surface area contributed by atoms with Gasteiger partial charge >= 0.3 is 0 Å². The molecule has 1 aromatic carbocycles. The van der Waals surface area contributed by atoms with E-state index in [9.17, 15) is 9.59 Å². The lowest BCUT2D eigenvalue weighted by molar-refractivity contribution is 0.0684. The van der Waals surface area contributed by atoms with Gasteiger partial charge in [-0.15, -0.1) is 22.7 Å². The summed E-state index contributed by atoms with van der Waals surface area (Å²) in [5.41, 5.74) is 3.99. The fourth-order valence-corrected chi connectivity index (χ4v) is 6.86. The highest BCUT2D eigenvalue weighted by Crippen LogP contribution is 2.48. The van der Waals surface area contributed by atoms with Crippen molar-refractivity contribution in [3.05, 3.63) is 63.5 Å². The van der Waals surface area contributed by atoms with E-state index in [2.05, 4.69) is 34.3 Å². The molecule has 174 valence electrons. The van der Waals surface area contributed by atoms with Crippen LogP contribution in [0.25, 0.3) is 15.4 Å². The number of nitrogens with zero attached hydrogens (tertiary/aromatic N) is 4. The molecule has 1 aliphatic heterocycles. The molecule has 1 N–H and O–H groups in total. The Morgan fingerprint density at radius 2 is 2.03 bits per heavy atom. The van der Waals surface area contributed by atoms with Gasteiger partial charge < -0.3 is 10.2 Å². The van der Waals surface area contributed by atoms with Gasteiger partial charge in [0.2, 0.25) is 0 Å². The minimum atomic E-state index is -0.152. The zero-order valence-electron chi connectivity index (χ0n) is 19.2. The van der Waals surface area contributed by atoms with E-state index in [1.54, 1.807) is 11.3 Å². The zero-order chi connectivity index (χ0) is 23.6. The minimum Gasteiger partial charge on any atom is -0.349 e. The quantitative estimate of drug-likeness (QED) is 0.447. The molecule has 4 aromatic rings. The van der Waals surface area contributed by atoms with Crippen molar-refractivity contribution < 1.29 is 9.59 Å². The lowest BCUT2D eigenvalue weighted by atomic mass is 10.1. The lowest BCUT2D eigenvalue weighted by Gasteiger charge is -2.27. The van der Waals surface area contributed by atoms with Crippen molar-refractivity contribution in [3.63, 3.8) is 0 Å². The Kier molecular flexibility index (Phi) is 5.07. The first-order valence-electron chi connectivity index (χ1n) is 11.5. The minimum absolute atomic E-state index is 0.0223. The number of nitrogens with one attached hydrogen (secondary N) is 1. The second-order valence-corrected chi connectivity index (χ2v) is 11.3. The molecule has 0 radical (unpaired) electrons. The Morgan fingerprint density at radius 3 is 2.85 bits per heavy atom. The summed E-state index contributed by atoms with van der Waals surface area (Å²) in [6.07, 6.45) is 3.82. The number of rotatable bonds is 5. The van der Waals surface area contributed by atoms with Gasteiger partial charge in [0.15, 0.2) is 4.96 Å². The third-order valence-electron chi connectivity index (χ3n) is 6.81. The molecule has 2 aliphatic rings. The lowest BCUT2D eigenvalue weighted by Crippen LogP contribution is -2.45. The van der Waals surface area contributed by atoms with Crippen LogP contribution in [0.4, 0.5) is 0 Å². The number of hydrogen-bond donors (Lipinski definition) is 1. The van der Waals surface area contributed by atoms with E-state index in [1.165, 1.54) is 11.3 Å². The van der Waals surface area contributed by atoms with Crippen LogP contribution in [0.2, 0.25) is 0 Å². The largest absolute Gasteiger partial charge is 0.349 e. The topological polar surface area (TPSA) is 79.6 Å².